The van der Waals surface area contributed by atoms with E-state index in [1.54, 1.807) is 24.3 Å². The lowest BCUT2D eigenvalue weighted by atomic mass is 9.53. The molecule has 4 aliphatic carbocycles. The van der Waals surface area contributed by atoms with Gasteiger partial charge in [0.25, 0.3) is 5.91 Å². The van der Waals surface area contributed by atoms with Gasteiger partial charge in [-0.25, -0.2) is 8.78 Å². The SMILES string of the molecule is O=C(CSc1ccccc1C(=O)Nc1cc(F)ccc1F)NC12CC3CC(CC(C3)C1)C2. The van der Waals surface area contributed by atoms with Gasteiger partial charge in [-0.05, 0) is 80.5 Å². The second kappa shape index (κ2) is 8.50. The van der Waals surface area contributed by atoms with Gasteiger partial charge >= 0.3 is 0 Å². The third-order valence-electron chi connectivity index (χ3n) is 7.11. The first kappa shape index (κ1) is 21.4. The predicted octanol–water partition coefficient (Wildman–Crippen LogP) is 5.39. The van der Waals surface area contributed by atoms with Crippen LogP contribution >= 0.6 is 11.8 Å². The zero-order chi connectivity index (χ0) is 22.3. The van der Waals surface area contributed by atoms with Crippen LogP contribution in [0, 0.1) is 29.4 Å². The van der Waals surface area contributed by atoms with Crippen molar-refractivity contribution < 1.29 is 18.4 Å². The minimum absolute atomic E-state index is 0.0108. The zero-order valence-corrected chi connectivity index (χ0v) is 18.5. The van der Waals surface area contributed by atoms with Crippen LogP contribution in [-0.2, 0) is 4.79 Å². The molecule has 0 aromatic heterocycles. The third-order valence-corrected chi connectivity index (χ3v) is 8.18. The van der Waals surface area contributed by atoms with E-state index in [-0.39, 0.29) is 22.9 Å². The Morgan fingerprint density at radius 3 is 2.31 bits per heavy atom. The van der Waals surface area contributed by atoms with Crippen molar-refractivity contribution in [2.75, 3.05) is 11.1 Å². The molecule has 4 aliphatic rings. The maximum atomic E-state index is 13.9. The van der Waals surface area contributed by atoms with Crippen molar-refractivity contribution in [2.45, 2.75) is 49.0 Å². The fraction of sp³-hybridized carbons (Fsp3) is 0.440. The number of nitrogens with one attached hydrogen (secondary N) is 2. The van der Waals surface area contributed by atoms with Crippen LogP contribution in [0.3, 0.4) is 0 Å². The monoisotopic (exact) mass is 456 g/mol. The van der Waals surface area contributed by atoms with E-state index in [1.165, 1.54) is 31.0 Å². The summed E-state index contributed by atoms with van der Waals surface area (Å²) in [4.78, 5) is 26.2. The molecule has 2 amide bonds. The molecule has 168 valence electrons. The maximum Gasteiger partial charge on any atom is 0.256 e. The average molecular weight is 457 g/mol. The summed E-state index contributed by atoms with van der Waals surface area (Å²) in [6.45, 7) is 0. The minimum atomic E-state index is -0.708. The summed E-state index contributed by atoms with van der Waals surface area (Å²) in [5.74, 6) is 0.568. The molecule has 0 unspecified atom stereocenters. The minimum Gasteiger partial charge on any atom is -0.350 e. The van der Waals surface area contributed by atoms with Crippen molar-refractivity contribution >= 4 is 29.3 Å². The van der Waals surface area contributed by atoms with Crippen LogP contribution in [0.15, 0.2) is 47.4 Å². The molecule has 7 heteroatoms. The summed E-state index contributed by atoms with van der Waals surface area (Å²) in [7, 11) is 0. The molecule has 0 radical (unpaired) electrons. The summed E-state index contributed by atoms with van der Waals surface area (Å²) in [6.07, 6.45) is 7.23. The van der Waals surface area contributed by atoms with Crippen LogP contribution in [-0.4, -0.2) is 23.1 Å². The largest absolute Gasteiger partial charge is 0.350 e. The zero-order valence-electron chi connectivity index (χ0n) is 17.7. The van der Waals surface area contributed by atoms with E-state index in [4.69, 9.17) is 0 Å². The molecule has 0 aliphatic heterocycles. The quantitative estimate of drug-likeness (QED) is 0.573. The van der Waals surface area contributed by atoms with Crippen molar-refractivity contribution in [2.24, 2.45) is 17.8 Å². The number of carbonyl (C=O) groups is 2. The average Bonchev–Trinajstić information content (AvgIpc) is 2.74. The lowest BCUT2D eigenvalue weighted by Gasteiger charge is -2.56. The highest BCUT2D eigenvalue weighted by molar-refractivity contribution is 8.00. The Morgan fingerprint density at radius 2 is 1.62 bits per heavy atom. The Labute approximate surface area is 190 Å². The molecule has 4 saturated carbocycles. The summed E-state index contributed by atoms with van der Waals surface area (Å²) in [6, 6.07) is 9.79. The van der Waals surface area contributed by atoms with Gasteiger partial charge in [-0.3, -0.25) is 9.59 Å². The standard InChI is InChI=1S/C25H26F2N2O2S/c26-18-5-6-20(27)21(10-18)28-24(31)19-3-1-2-4-22(19)32-14-23(30)29-25-11-15-7-16(12-25)9-17(8-15)13-25/h1-6,10,15-17H,7-9,11-14H2,(H,28,31)(H,29,30). The molecule has 0 spiro atoms. The molecule has 4 fully saturated rings. The normalized spacial score (nSPS) is 27.9. The summed E-state index contributed by atoms with van der Waals surface area (Å²) >= 11 is 1.29. The first-order valence-electron chi connectivity index (χ1n) is 11.2. The second-order valence-electron chi connectivity index (χ2n) is 9.61. The van der Waals surface area contributed by atoms with Gasteiger partial charge in [-0.2, -0.15) is 0 Å². The van der Waals surface area contributed by atoms with E-state index >= 15 is 0 Å². The van der Waals surface area contributed by atoms with Gasteiger partial charge in [0.1, 0.15) is 11.6 Å². The highest BCUT2D eigenvalue weighted by Gasteiger charge is 2.51. The lowest BCUT2D eigenvalue weighted by Crippen LogP contribution is -2.60. The molecule has 0 saturated heterocycles. The Bertz CT molecular complexity index is 1020. The van der Waals surface area contributed by atoms with Gasteiger partial charge in [0.2, 0.25) is 5.91 Å². The topological polar surface area (TPSA) is 58.2 Å². The van der Waals surface area contributed by atoms with Crippen LogP contribution in [0.4, 0.5) is 14.5 Å². The number of hydrogen-bond donors (Lipinski definition) is 2. The van der Waals surface area contributed by atoms with Gasteiger partial charge in [-0.1, -0.05) is 12.1 Å². The number of anilines is 1. The number of carbonyl (C=O) groups excluding carboxylic acids is 2. The van der Waals surface area contributed by atoms with Crippen molar-refractivity contribution in [3.05, 3.63) is 59.7 Å². The Hall–Kier alpha value is -2.41. The maximum absolute atomic E-state index is 13.9. The fourth-order valence-electron chi connectivity index (χ4n) is 6.30. The fourth-order valence-corrected chi connectivity index (χ4v) is 7.15. The van der Waals surface area contributed by atoms with Crippen LogP contribution in [0.25, 0.3) is 0 Å². The molecule has 2 aromatic rings. The third kappa shape index (κ3) is 4.40. The first-order valence-corrected chi connectivity index (χ1v) is 12.2. The molecule has 6 rings (SSSR count). The number of amides is 2. The molecule has 2 N–H and O–H groups in total. The van der Waals surface area contributed by atoms with E-state index in [0.29, 0.717) is 10.5 Å². The van der Waals surface area contributed by atoms with Crippen LogP contribution in [0.5, 0.6) is 0 Å². The van der Waals surface area contributed by atoms with Crippen molar-refractivity contribution in [3.8, 4) is 0 Å². The molecule has 0 atom stereocenters. The van der Waals surface area contributed by atoms with Crippen molar-refractivity contribution in [1.29, 1.82) is 0 Å². The van der Waals surface area contributed by atoms with Crippen LogP contribution in [0.2, 0.25) is 0 Å². The smallest absolute Gasteiger partial charge is 0.256 e. The van der Waals surface area contributed by atoms with Crippen molar-refractivity contribution in [1.82, 2.24) is 5.32 Å². The summed E-state index contributed by atoms with van der Waals surface area (Å²) in [5, 5.41) is 5.78. The Kier molecular flexibility index (Phi) is 5.70. The second-order valence-corrected chi connectivity index (χ2v) is 10.6. The molecule has 2 aromatic carbocycles. The van der Waals surface area contributed by atoms with Crippen LogP contribution < -0.4 is 10.6 Å². The van der Waals surface area contributed by atoms with Gasteiger partial charge in [0.15, 0.2) is 0 Å². The Balaban J connectivity index is 1.23. The number of thioether (sulfide) groups is 1. The first-order chi connectivity index (χ1) is 15.4. The number of halogens is 2. The summed E-state index contributed by atoms with van der Waals surface area (Å²) in [5.41, 5.74) is 0.0659. The molecule has 32 heavy (non-hydrogen) atoms. The van der Waals surface area contributed by atoms with Gasteiger partial charge in [-0.15, -0.1) is 11.8 Å². The highest BCUT2D eigenvalue weighted by Crippen LogP contribution is 2.55. The van der Waals surface area contributed by atoms with Gasteiger partial charge in [0.05, 0.1) is 17.0 Å². The van der Waals surface area contributed by atoms with E-state index in [0.717, 1.165) is 55.2 Å². The number of hydrogen-bond acceptors (Lipinski definition) is 3. The van der Waals surface area contributed by atoms with E-state index in [1.807, 2.05) is 0 Å². The molecule has 4 nitrogen and oxygen atoms in total. The summed E-state index contributed by atoms with van der Waals surface area (Å²) < 4.78 is 27.3. The lowest BCUT2D eigenvalue weighted by molar-refractivity contribution is -0.124. The molecular formula is C25H26F2N2O2S. The molecule has 0 heterocycles. The van der Waals surface area contributed by atoms with E-state index in [2.05, 4.69) is 10.6 Å². The van der Waals surface area contributed by atoms with Crippen molar-refractivity contribution in [3.63, 3.8) is 0 Å². The molecular weight excluding hydrogens is 430 g/mol. The molecule has 4 bridgehead atoms. The predicted molar refractivity (Wildman–Crippen MR) is 121 cm³/mol. The highest BCUT2D eigenvalue weighted by atomic mass is 32.2. The number of benzene rings is 2. The van der Waals surface area contributed by atoms with Crippen LogP contribution in [0.1, 0.15) is 48.9 Å². The Morgan fingerprint density at radius 1 is 0.969 bits per heavy atom. The van der Waals surface area contributed by atoms with E-state index < -0.39 is 17.5 Å². The van der Waals surface area contributed by atoms with E-state index in [9.17, 15) is 18.4 Å². The van der Waals surface area contributed by atoms with Gasteiger partial charge < -0.3 is 10.6 Å². The van der Waals surface area contributed by atoms with Gasteiger partial charge in [0, 0.05) is 16.5 Å². The number of rotatable bonds is 6.